The Morgan fingerprint density at radius 1 is 1.23 bits per heavy atom. The summed E-state index contributed by atoms with van der Waals surface area (Å²) in [7, 11) is 0. The molecule has 0 aromatic heterocycles. The second-order valence-electron chi connectivity index (χ2n) is 4.91. The van der Waals surface area contributed by atoms with Crippen LogP contribution in [-0.4, -0.2) is 37.5 Å². The van der Waals surface area contributed by atoms with E-state index in [0.717, 1.165) is 19.4 Å². The number of amides is 2. The van der Waals surface area contributed by atoms with Crippen LogP contribution in [0.25, 0.3) is 0 Å². The van der Waals surface area contributed by atoms with Gasteiger partial charge in [-0.25, -0.2) is 0 Å². The van der Waals surface area contributed by atoms with Crippen molar-refractivity contribution in [3.8, 4) is 0 Å². The van der Waals surface area contributed by atoms with E-state index in [2.05, 4.69) is 16.0 Å². The molecule has 5 nitrogen and oxygen atoms in total. The van der Waals surface area contributed by atoms with Gasteiger partial charge in [0.25, 0.3) is 5.91 Å². The molecule has 1 fully saturated rings. The lowest BCUT2D eigenvalue weighted by Crippen LogP contribution is -2.42. The molecule has 1 atom stereocenters. The van der Waals surface area contributed by atoms with Crippen molar-refractivity contribution in [1.29, 1.82) is 0 Å². The maximum atomic E-state index is 11.9. The molecule has 1 aliphatic heterocycles. The molecule has 0 bridgehead atoms. The van der Waals surface area contributed by atoms with Gasteiger partial charge in [-0.3, -0.25) is 9.59 Å². The van der Waals surface area contributed by atoms with Crippen LogP contribution in [0, 0.1) is 0 Å². The highest BCUT2D eigenvalue weighted by molar-refractivity contribution is 6.42. The zero-order chi connectivity index (χ0) is 15.2. The highest BCUT2D eigenvalue weighted by Crippen LogP contribution is 2.22. The number of hydrogen-bond donors (Lipinski definition) is 3. The molecule has 3 N–H and O–H groups in total. The Labute approximate surface area is 145 Å². The summed E-state index contributed by atoms with van der Waals surface area (Å²) in [5, 5.41) is 9.31. The summed E-state index contributed by atoms with van der Waals surface area (Å²) >= 11 is 11.6. The molecule has 22 heavy (non-hydrogen) atoms. The largest absolute Gasteiger partial charge is 0.353 e. The van der Waals surface area contributed by atoms with Crippen molar-refractivity contribution in [2.24, 2.45) is 0 Å². The van der Waals surface area contributed by atoms with Crippen molar-refractivity contribution < 1.29 is 9.59 Å². The Kier molecular flexibility index (Phi) is 7.96. The van der Waals surface area contributed by atoms with Gasteiger partial charge in [0.05, 0.1) is 16.6 Å². The molecule has 1 saturated heterocycles. The first-order chi connectivity index (χ1) is 10.1. The van der Waals surface area contributed by atoms with Gasteiger partial charge in [0, 0.05) is 18.2 Å². The van der Waals surface area contributed by atoms with Crippen molar-refractivity contribution in [3.63, 3.8) is 0 Å². The Morgan fingerprint density at radius 2 is 2.00 bits per heavy atom. The van der Waals surface area contributed by atoms with E-state index in [9.17, 15) is 9.59 Å². The van der Waals surface area contributed by atoms with Crippen LogP contribution in [0.15, 0.2) is 18.2 Å². The van der Waals surface area contributed by atoms with Gasteiger partial charge in [-0.15, -0.1) is 12.4 Å². The van der Waals surface area contributed by atoms with Gasteiger partial charge in [-0.05, 0) is 37.6 Å². The second-order valence-corrected chi connectivity index (χ2v) is 5.72. The van der Waals surface area contributed by atoms with Crippen LogP contribution in [0.3, 0.4) is 0 Å². The molecule has 1 aliphatic rings. The molecular formula is C14H18Cl3N3O2. The van der Waals surface area contributed by atoms with Crippen LogP contribution in [0.4, 0.5) is 0 Å². The Hall–Kier alpha value is -1.01. The molecule has 0 aliphatic carbocycles. The smallest absolute Gasteiger partial charge is 0.251 e. The fourth-order valence-corrected chi connectivity index (χ4v) is 2.43. The van der Waals surface area contributed by atoms with Gasteiger partial charge in [0.15, 0.2) is 0 Å². The number of carbonyl (C=O) groups excluding carboxylic acids is 2. The minimum Gasteiger partial charge on any atom is -0.353 e. The lowest BCUT2D eigenvalue weighted by Gasteiger charge is -2.12. The van der Waals surface area contributed by atoms with Crippen molar-refractivity contribution in [2.45, 2.75) is 18.9 Å². The Balaban J connectivity index is 0.00000242. The average molecular weight is 367 g/mol. The first-order valence-corrected chi connectivity index (χ1v) is 7.55. The molecule has 0 radical (unpaired) electrons. The third-order valence-corrected chi connectivity index (χ3v) is 4.04. The zero-order valence-corrected chi connectivity index (χ0v) is 14.2. The van der Waals surface area contributed by atoms with Crippen LogP contribution in [0.1, 0.15) is 23.2 Å². The fourth-order valence-electron chi connectivity index (χ4n) is 2.13. The van der Waals surface area contributed by atoms with Crippen LogP contribution >= 0.6 is 35.6 Å². The van der Waals surface area contributed by atoms with E-state index in [-0.39, 0.29) is 30.8 Å². The molecule has 1 aromatic rings. The molecular weight excluding hydrogens is 349 g/mol. The SMILES string of the molecule is Cl.O=C(CNC(=O)c1ccc(Cl)c(Cl)c1)NCC1CCCN1. The van der Waals surface area contributed by atoms with Gasteiger partial charge < -0.3 is 16.0 Å². The van der Waals surface area contributed by atoms with Gasteiger partial charge in [0.1, 0.15) is 0 Å². The molecule has 2 amide bonds. The summed E-state index contributed by atoms with van der Waals surface area (Å²) in [4.78, 5) is 23.5. The fraction of sp³-hybridized carbons (Fsp3) is 0.429. The topological polar surface area (TPSA) is 70.2 Å². The first-order valence-electron chi connectivity index (χ1n) is 6.79. The summed E-state index contributed by atoms with van der Waals surface area (Å²) in [5.41, 5.74) is 0.370. The van der Waals surface area contributed by atoms with E-state index in [1.54, 1.807) is 12.1 Å². The highest BCUT2D eigenvalue weighted by atomic mass is 35.5. The molecule has 1 heterocycles. The highest BCUT2D eigenvalue weighted by Gasteiger charge is 2.15. The maximum absolute atomic E-state index is 11.9. The molecule has 1 aromatic carbocycles. The number of halogens is 3. The molecule has 1 unspecified atom stereocenters. The zero-order valence-electron chi connectivity index (χ0n) is 11.8. The van der Waals surface area contributed by atoms with E-state index in [1.165, 1.54) is 6.07 Å². The third kappa shape index (κ3) is 5.65. The predicted molar refractivity (Wildman–Crippen MR) is 90.1 cm³/mol. The lowest BCUT2D eigenvalue weighted by molar-refractivity contribution is -0.120. The Bertz CT molecular complexity index is 534. The summed E-state index contributed by atoms with van der Waals surface area (Å²) in [5.74, 6) is -0.570. The molecule has 8 heteroatoms. The standard InChI is InChI=1S/C14H17Cl2N3O2.ClH/c15-11-4-3-9(6-12(11)16)14(21)19-8-13(20)18-7-10-2-1-5-17-10;/h3-4,6,10,17H,1-2,5,7-8H2,(H,18,20)(H,19,21);1H. The monoisotopic (exact) mass is 365 g/mol. The normalized spacial score (nSPS) is 16.7. The number of hydrogen-bond acceptors (Lipinski definition) is 3. The van der Waals surface area contributed by atoms with Crippen LogP contribution < -0.4 is 16.0 Å². The molecule has 0 spiro atoms. The predicted octanol–water partition coefficient (Wildman–Crippen LogP) is 2.01. The van der Waals surface area contributed by atoms with E-state index in [0.29, 0.717) is 28.2 Å². The van der Waals surface area contributed by atoms with E-state index >= 15 is 0 Å². The maximum Gasteiger partial charge on any atom is 0.251 e. The summed E-state index contributed by atoms with van der Waals surface area (Å²) < 4.78 is 0. The minimum absolute atomic E-state index is 0. The number of rotatable bonds is 5. The number of nitrogens with one attached hydrogen (secondary N) is 3. The van der Waals surface area contributed by atoms with Gasteiger partial charge >= 0.3 is 0 Å². The second kappa shape index (κ2) is 9.20. The summed E-state index contributed by atoms with van der Waals surface area (Å²) in [6.45, 7) is 1.52. The van der Waals surface area contributed by atoms with Crippen LogP contribution in [-0.2, 0) is 4.79 Å². The molecule has 122 valence electrons. The first kappa shape index (κ1) is 19.0. The van der Waals surface area contributed by atoms with Crippen LogP contribution in [0.5, 0.6) is 0 Å². The van der Waals surface area contributed by atoms with Gasteiger partial charge in [-0.2, -0.15) is 0 Å². The van der Waals surface area contributed by atoms with E-state index in [1.807, 2.05) is 0 Å². The van der Waals surface area contributed by atoms with Crippen molar-refractivity contribution in [2.75, 3.05) is 19.6 Å². The van der Waals surface area contributed by atoms with Gasteiger partial charge in [0.2, 0.25) is 5.91 Å². The minimum atomic E-state index is -0.359. The van der Waals surface area contributed by atoms with Gasteiger partial charge in [-0.1, -0.05) is 23.2 Å². The van der Waals surface area contributed by atoms with Crippen molar-refractivity contribution in [3.05, 3.63) is 33.8 Å². The summed E-state index contributed by atoms with van der Waals surface area (Å²) in [6.07, 6.45) is 2.20. The quantitative estimate of drug-likeness (QED) is 0.746. The third-order valence-electron chi connectivity index (χ3n) is 3.30. The molecule has 0 saturated carbocycles. The lowest BCUT2D eigenvalue weighted by atomic mass is 10.2. The Morgan fingerprint density at radius 3 is 2.64 bits per heavy atom. The average Bonchev–Trinajstić information content (AvgIpc) is 2.98. The van der Waals surface area contributed by atoms with E-state index in [4.69, 9.17) is 23.2 Å². The van der Waals surface area contributed by atoms with Crippen molar-refractivity contribution in [1.82, 2.24) is 16.0 Å². The van der Waals surface area contributed by atoms with Crippen molar-refractivity contribution >= 4 is 47.4 Å². The molecule has 2 rings (SSSR count). The number of carbonyl (C=O) groups is 2. The number of benzene rings is 1. The van der Waals surface area contributed by atoms with Crippen LogP contribution in [0.2, 0.25) is 10.0 Å². The summed E-state index contributed by atoms with van der Waals surface area (Å²) in [6, 6.07) is 4.91. The van der Waals surface area contributed by atoms with E-state index < -0.39 is 0 Å².